The summed E-state index contributed by atoms with van der Waals surface area (Å²) in [7, 11) is 0. The Kier molecular flexibility index (Phi) is 4.05. The van der Waals surface area contributed by atoms with Crippen molar-refractivity contribution < 1.29 is 0 Å². The van der Waals surface area contributed by atoms with Crippen LogP contribution in [0.1, 0.15) is 34.1 Å². The Balaban J connectivity index is 2.05. The Hall–Kier alpha value is -1.32. The average Bonchev–Trinajstić information content (AvgIpc) is 3.02. The zero-order valence-corrected chi connectivity index (χ0v) is 14.1. The van der Waals surface area contributed by atoms with E-state index in [0.717, 1.165) is 17.8 Å². The van der Waals surface area contributed by atoms with Crippen molar-refractivity contribution in [2.75, 3.05) is 0 Å². The number of aryl methyl sites for hydroxylation is 2. The molecular weight excluding hydrogens is 300 g/mol. The summed E-state index contributed by atoms with van der Waals surface area (Å²) in [6, 6.07) is 11.0. The van der Waals surface area contributed by atoms with E-state index in [1.165, 1.54) is 20.8 Å². The molecule has 2 aromatic heterocycles. The summed E-state index contributed by atoms with van der Waals surface area (Å²) >= 11 is 8.00. The molecule has 0 N–H and O–H groups in total. The number of alkyl halides is 1. The quantitative estimate of drug-likeness (QED) is 0.600. The van der Waals surface area contributed by atoms with E-state index in [1.54, 1.807) is 0 Å². The highest BCUT2D eigenvalue weighted by molar-refractivity contribution is 7.11. The predicted octanol–water partition coefficient (Wildman–Crippen LogP) is 5.26. The number of halogens is 1. The van der Waals surface area contributed by atoms with Gasteiger partial charge < -0.3 is 4.57 Å². The zero-order valence-electron chi connectivity index (χ0n) is 12.6. The number of para-hydroxylation sites is 1. The summed E-state index contributed by atoms with van der Waals surface area (Å²) in [5.41, 5.74) is 3.51. The van der Waals surface area contributed by atoms with E-state index in [4.69, 9.17) is 16.6 Å². The van der Waals surface area contributed by atoms with Gasteiger partial charge in [0.15, 0.2) is 0 Å². The van der Waals surface area contributed by atoms with Crippen molar-refractivity contribution in [3.63, 3.8) is 0 Å². The number of benzene rings is 1. The van der Waals surface area contributed by atoms with Gasteiger partial charge in [0.05, 0.1) is 16.9 Å². The van der Waals surface area contributed by atoms with E-state index in [1.807, 2.05) is 11.3 Å². The molecule has 1 unspecified atom stereocenters. The van der Waals surface area contributed by atoms with Crippen LogP contribution in [0.5, 0.6) is 0 Å². The zero-order chi connectivity index (χ0) is 15.0. The molecular formula is C17H19ClN2S. The maximum Gasteiger partial charge on any atom is 0.125 e. The molecule has 0 saturated heterocycles. The molecule has 0 amide bonds. The van der Waals surface area contributed by atoms with E-state index in [2.05, 4.69) is 55.7 Å². The van der Waals surface area contributed by atoms with E-state index in [9.17, 15) is 0 Å². The van der Waals surface area contributed by atoms with Gasteiger partial charge in [-0.3, -0.25) is 0 Å². The van der Waals surface area contributed by atoms with Crippen LogP contribution >= 0.6 is 22.9 Å². The van der Waals surface area contributed by atoms with Crippen LogP contribution in [0.25, 0.3) is 11.0 Å². The minimum absolute atomic E-state index is 0.350. The fraction of sp³-hybridized carbons (Fsp3) is 0.353. The molecule has 0 radical (unpaired) electrons. The number of thiophene rings is 1. The van der Waals surface area contributed by atoms with Gasteiger partial charge in [-0.05, 0) is 44.5 Å². The number of imidazole rings is 1. The van der Waals surface area contributed by atoms with Crippen molar-refractivity contribution in [1.29, 1.82) is 0 Å². The molecule has 0 aliphatic heterocycles. The largest absolute Gasteiger partial charge is 0.324 e. The number of aromatic nitrogens is 2. The lowest BCUT2D eigenvalue weighted by atomic mass is 10.1. The van der Waals surface area contributed by atoms with Gasteiger partial charge in [-0.15, -0.1) is 22.9 Å². The highest BCUT2D eigenvalue weighted by Crippen LogP contribution is 2.28. The van der Waals surface area contributed by atoms with Gasteiger partial charge in [-0.2, -0.15) is 0 Å². The van der Waals surface area contributed by atoms with Gasteiger partial charge >= 0.3 is 0 Å². The Morgan fingerprint density at radius 1 is 1.24 bits per heavy atom. The lowest BCUT2D eigenvalue weighted by Crippen LogP contribution is -2.11. The second-order valence-electron chi connectivity index (χ2n) is 5.54. The van der Waals surface area contributed by atoms with E-state index in [-0.39, 0.29) is 0 Å². The molecule has 0 bridgehead atoms. The summed E-state index contributed by atoms with van der Waals surface area (Å²) in [6.07, 6.45) is 1.02. The van der Waals surface area contributed by atoms with Crippen molar-refractivity contribution in [2.24, 2.45) is 0 Å². The third kappa shape index (κ3) is 2.72. The fourth-order valence-corrected chi connectivity index (χ4v) is 4.11. The molecule has 110 valence electrons. The first kappa shape index (κ1) is 14.6. The normalized spacial score (nSPS) is 13.0. The summed E-state index contributed by atoms with van der Waals surface area (Å²) in [5, 5.41) is 0. The van der Waals surface area contributed by atoms with Gasteiger partial charge in [0.25, 0.3) is 0 Å². The van der Waals surface area contributed by atoms with Gasteiger partial charge in [0.2, 0.25) is 0 Å². The van der Waals surface area contributed by atoms with Crippen molar-refractivity contribution in [2.45, 2.75) is 39.1 Å². The molecule has 4 heteroatoms. The molecule has 1 aromatic carbocycles. The summed E-state index contributed by atoms with van der Waals surface area (Å²) in [5.74, 6) is 1.41. The monoisotopic (exact) mass is 318 g/mol. The van der Waals surface area contributed by atoms with Crippen LogP contribution < -0.4 is 0 Å². The van der Waals surface area contributed by atoms with Crippen LogP contribution in [0.2, 0.25) is 0 Å². The molecule has 0 saturated carbocycles. The Labute approximate surface area is 134 Å². The molecule has 0 aliphatic rings. The second kappa shape index (κ2) is 5.82. The Bertz CT molecular complexity index is 772. The van der Waals surface area contributed by atoms with Crippen molar-refractivity contribution in [1.82, 2.24) is 9.55 Å². The highest BCUT2D eigenvalue weighted by Gasteiger charge is 2.17. The molecule has 2 nitrogen and oxygen atoms in total. The first-order valence-electron chi connectivity index (χ1n) is 7.18. The summed E-state index contributed by atoms with van der Waals surface area (Å²) < 4.78 is 2.31. The molecule has 0 spiro atoms. The molecule has 1 atom stereocenters. The first-order valence-corrected chi connectivity index (χ1v) is 8.53. The summed E-state index contributed by atoms with van der Waals surface area (Å²) in [4.78, 5) is 7.47. The van der Waals surface area contributed by atoms with Gasteiger partial charge in [-0.1, -0.05) is 12.1 Å². The number of fused-ring (bicyclic) bond motifs is 1. The highest BCUT2D eigenvalue weighted by atomic mass is 35.5. The third-order valence-electron chi connectivity index (χ3n) is 3.84. The van der Waals surface area contributed by atoms with Crippen LogP contribution in [-0.4, -0.2) is 9.55 Å². The van der Waals surface area contributed by atoms with Crippen LogP contribution in [0.15, 0.2) is 30.3 Å². The molecule has 0 fully saturated rings. The molecule has 3 aromatic rings. The molecule has 3 rings (SSSR count). The van der Waals surface area contributed by atoms with E-state index in [0.29, 0.717) is 11.9 Å². The average molecular weight is 319 g/mol. The molecule has 0 aliphatic carbocycles. The smallest absolute Gasteiger partial charge is 0.125 e. The van der Waals surface area contributed by atoms with Crippen LogP contribution in [0, 0.1) is 13.8 Å². The van der Waals surface area contributed by atoms with Crippen molar-refractivity contribution in [3.8, 4) is 0 Å². The van der Waals surface area contributed by atoms with E-state index >= 15 is 0 Å². The molecule has 21 heavy (non-hydrogen) atoms. The minimum atomic E-state index is 0.350. The first-order chi connectivity index (χ1) is 10.1. The topological polar surface area (TPSA) is 17.8 Å². The maximum absolute atomic E-state index is 6.13. The van der Waals surface area contributed by atoms with Crippen molar-refractivity contribution >= 4 is 34.0 Å². The minimum Gasteiger partial charge on any atom is -0.324 e. The lowest BCUT2D eigenvalue weighted by molar-refractivity contribution is 0.546. The number of hydrogen-bond donors (Lipinski definition) is 0. The number of rotatable bonds is 4. The third-order valence-corrected chi connectivity index (χ3v) is 5.10. The Morgan fingerprint density at radius 3 is 2.71 bits per heavy atom. The fourth-order valence-electron chi connectivity index (χ4n) is 2.92. The standard InChI is InChI=1S/C17H19ClN2S/c1-11-5-4-6-15-17(11)20(16(10-18)19-15)12(2)9-14-8-7-13(3)21-14/h4-8,12H,9-10H2,1-3H3. The van der Waals surface area contributed by atoms with Crippen molar-refractivity contribution in [3.05, 3.63) is 51.5 Å². The van der Waals surface area contributed by atoms with Crippen LogP contribution in [-0.2, 0) is 12.3 Å². The van der Waals surface area contributed by atoms with Crippen LogP contribution in [0.3, 0.4) is 0 Å². The number of hydrogen-bond acceptors (Lipinski definition) is 2. The van der Waals surface area contributed by atoms with Gasteiger partial charge in [-0.25, -0.2) is 4.98 Å². The lowest BCUT2D eigenvalue weighted by Gasteiger charge is -2.17. The molecule has 2 heterocycles. The SMILES string of the molecule is Cc1ccc(CC(C)n2c(CCl)nc3cccc(C)c32)s1. The maximum atomic E-state index is 6.13. The van der Waals surface area contributed by atoms with E-state index < -0.39 is 0 Å². The van der Waals surface area contributed by atoms with Gasteiger partial charge in [0, 0.05) is 22.2 Å². The van der Waals surface area contributed by atoms with Crippen LogP contribution in [0.4, 0.5) is 0 Å². The van der Waals surface area contributed by atoms with Gasteiger partial charge in [0.1, 0.15) is 5.82 Å². The summed E-state index contributed by atoms with van der Waals surface area (Å²) in [6.45, 7) is 6.54. The predicted molar refractivity (Wildman–Crippen MR) is 91.5 cm³/mol. The Morgan fingerprint density at radius 2 is 2.05 bits per heavy atom. The number of nitrogens with zero attached hydrogens (tertiary/aromatic N) is 2. The second-order valence-corrected chi connectivity index (χ2v) is 7.18.